The molecular formula is C28H32N2O4. The van der Waals surface area contributed by atoms with Gasteiger partial charge >= 0.3 is 12.2 Å². The van der Waals surface area contributed by atoms with Crippen molar-refractivity contribution in [2.24, 2.45) is 0 Å². The van der Waals surface area contributed by atoms with Gasteiger partial charge in [-0.2, -0.15) is 0 Å². The quantitative estimate of drug-likeness (QED) is 0.361. The van der Waals surface area contributed by atoms with Crippen LogP contribution in [-0.4, -0.2) is 25.4 Å². The molecule has 0 heterocycles. The molecule has 0 aliphatic carbocycles. The van der Waals surface area contributed by atoms with E-state index in [0.29, 0.717) is 38.9 Å². The molecule has 0 saturated carbocycles. The highest BCUT2D eigenvalue weighted by molar-refractivity contribution is 5.68. The number of alkyl carbamates (subject to hydrolysis) is 2. The summed E-state index contributed by atoms with van der Waals surface area (Å²) in [5.74, 6) is 11.5. The molecule has 0 unspecified atom stereocenters. The standard InChI is InChI=1S/C28H32N2O4/c1-23(25-17-11-9-12-18-25)29-27(31)33-21-15-7-5-3-4-6-8-16-22-34-28(32)30-24(2)26-19-13-10-14-20-26/h9-14,17-20,23-24H,7-8,15-16,21-22H2,1-2H3,(H,29,31)(H,30,32)/t23-,24-/m1/s1. The van der Waals surface area contributed by atoms with Crippen LogP contribution in [0.25, 0.3) is 0 Å². The first kappa shape index (κ1) is 26.4. The van der Waals surface area contributed by atoms with E-state index < -0.39 is 12.2 Å². The number of nitrogens with one attached hydrogen (secondary N) is 2. The van der Waals surface area contributed by atoms with E-state index in [4.69, 9.17) is 9.47 Å². The minimum absolute atomic E-state index is 0.110. The maximum absolute atomic E-state index is 11.8. The lowest BCUT2D eigenvalue weighted by atomic mass is 10.1. The number of hydrogen-bond donors (Lipinski definition) is 2. The molecular weight excluding hydrogens is 428 g/mol. The maximum atomic E-state index is 11.8. The summed E-state index contributed by atoms with van der Waals surface area (Å²) in [4.78, 5) is 23.6. The second kappa shape index (κ2) is 15.8. The largest absolute Gasteiger partial charge is 0.450 e. The fourth-order valence-electron chi connectivity index (χ4n) is 2.95. The number of carbonyl (C=O) groups is 2. The van der Waals surface area contributed by atoms with E-state index in [9.17, 15) is 9.59 Å². The van der Waals surface area contributed by atoms with Gasteiger partial charge in [-0.15, -0.1) is 0 Å². The second-order valence-corrected chi connectivity index (χ2v) is 7.64. The molecule has 2 aromatic carbocycles. The predicted molar refractivity (Wildman–Crippen MR) is 133 cm³/mol. The molecule has 0 bridgehead atoms. The van der Waals surface area contributed by atoms with Gasteiger partial charge in [0.25, 0.3) is 0 Å². The van der Waals surface area contributed by atoms with Gasteiger partial charge in [-0.05, 0) is 49.7 Å². The van der Waals surface area contributed by atoms with Crippen LogP contribution in [0.2, 0.25) is 0 Å². The molecule has 2 N–H and O–H groups in total. The smallest absolute Gasteiger partial charge is 0.407 e. The highest BCUT2D eigenvalue weighted by Gasteiger charge is 2.10. The number of amides is 2. The average Bonchev–Trinajstić information content (AvgIpc) is 2.85. The van der Waals surface area contributed by atoms with Gasteiger partial charge in [0, 0.05) is 12.8 Å². The molecule has 2 aromatic rings. The number of hydrogen-bond acceptors (Lipinski definition) is 4. The Morgan fingerprint density at radius 2 is 1.09 bits per heavy atom. The molecule has 178 valence electrons. The van der Waals surface area contributed by atoms with Crippen molar-refractivity contribution in [3.05, 3.63) is 71.8 Å². The zero-order valence-electron chi connectivity index (χ0n) is 19.8. The highest BCUT2D eigenvalue weighted by Crippen LogP contribution is 2.12. The topological polar surface area (TPSA) is 76.7 Å². The summed E-state index contributed by atoms with van der Waals surface area (Å²) in [7, 11) is 0. The third kappa shape index (κ3) is 11.1. The first-order valence-electron chi connectivity index (χ1n) is 11.5. The summed E-state index contributed by atoms with van der Waals surface area (Å²) < 4.78 is 10.3. The fraction of sp³-hybridized carbons (Fsp3) is 0.357. The van der Waals surface area contributed by atoms with Gasteiger partial charge < -0.3 is 20.1 Å². The third-order valence-corrected chi connectivity index (χ3v) is 4.87. The van der Waals surface area contributed by atoms with Gasteiger partial charge in [-0.1, -0.05) is 72.5 Å². The molecule has 0 aromatic heterocycles. The Bertz CT molecular complexity index is 917. The molecule has 2 rings (SSSR count). The average molecular weight is 461 g/mol. The molecule has 0 aliphatic heterocycles. The molecule has 6 nitrogen and oxygen atoms in total. The second-order valence-electron chi connectivity index (χ2n) is 7.64. The van der Waals surface area contributed by atoms with E-state index in [-0.39, 0.29) is 12.1 Å². The molecule has 34 heavy (non-hydrogen) atoms. The summed E-state index contributed by atoms with van der Waals surface area (Å²) >= 11 is 0. The van der Waals surface area contributed by atoms with E-state index in [1.54, 1.807) is 0 Å². The first-order chi connectivity index (χ1) is 16.6. The van der Waals surface area contributed by atoms with E-state index in [2.05, 4.69) is 34.3 Å². The zero-order valence-corrected chi connectivity index (χ0v) is 19.8. The van der Waals surface area contributed by atoms with Crippen LogP contribution in [0.1, 0.15) is 62.7 Å². The lowest BCUT2D eigenvalue weighted by molar-refractivity contribution is 0.141. The Morgan fingerprint density at radius 3 is 1.47 bits per heavy atom. The lowest BCUT2D eigenvalue weighted by Crippen LogP contribution is -2.27. The van der Waals surface area contributed by atoms with Crippen LogP contribution >= 0.6 is 0 Å². The van der Waals surface area contributed by atoms with Gasteiger partial charge in [-0.3, -0.25) is 0 Å². The summed E-state index contributed by atoms with van der Waals surface area (Å²) in [6, 6.07) is 19.2. The van der Waals surface area contributed by atoms with Crippen LogP contribution in [0, 0.1) is 23.7 Å². The monoisotopic (exact) mass is 460 g/mol. The molecule has 0 saturated heterocycles. The Hall–Kier alpha value is -3.90. The normalized spacial score (nSPS) is 11.5. The first-order valence-corrected chi connectivity index (χ1v) is 11.5. The maximum Gasteiger partial charge on any atom is 0.407 e. The van der Waals surface area contributed by atoms with E-state index >= 15 is 0 Å². The number of benzene rings is 2. The van der Waals surface area contributed by atoms with E-state index in [0.717, 1.165) is 11.1 Å². The van der Waals surface area contributed by atoms with Crippen molar-refractivity contribution in [1.82, 2.24) is 10.6 Å². The molecule has 0 spiro atoms. The Kier molecular flexibility index (Phi) is 12.3. The lowest BCUT2D eigenvalue weighted by Gasteiger charge is -2.14. The van der Waals surface area contributed by atoms with Crippen molar-refractivity contribution in [1.29, 1.82) is 0 Å². The van der Waals surface area contributed by atoms with E-state index in [1.807, 2.05) is 74.5 Å². The van der Waals surface area contributed by atoms with Crippen molar-refractivity contribution < 1.29 is 19.1 Å². The number of unbranched alkanes of at least 4 members (excludes halogenated alkanes) is 2. The van der Waals surface area contributed by atoms with Crippen molar-refractivity contribution in [2.75, 3.05) is 13.2 Å². The Balaban J connectivity index is 1.47. The molecule has 6 heteroatoms. The SMILES string of the molecule is C[C@@H](NC(=O)OCCCC#CC#CCCCOC(=O)N[C@H](C)c1ccccc1)c1ccccc1. The van der Waals surface area contributed by atoms with Crippen molar-refractivity contribution in [3.8, 4) is 23.7 Å². The van der Waals surface area contributed by atoms with Crippen LogP contribution < -0.4 is 10.6 Å². The molecule has 2 amide bonds. The fourth-order valence-corrected chi connectivity index (χ4v) is 2.95. The number of ether oxygens (including phenoxy) is 2. The van der Waals surface area contributed by atoms with Gasteiger partial charge in [0.05, 0.1) is 25.3 Å². The Labute approximate surface area is 202 Å². The molecule has 0 aliphatic rings. The van der Waals surface area contributed by atoms with Crippen molar-refractivity contribution in [2.45, 2.75) is 51.6 Å². The van der Waals surface area contributed by atoms with Gasteiger partial charge in [0.2, 0.25) is 0 Å². The zero-order chi connectivity index (χ0) is 24.4. The van der Waals surface area contributed by atoms with Crippen LogP contribution in [0.4, 0.5) is 9.59 Å². The van der Waals surface area contributed by atoms with Gasteiger partial charge in [-0.25, -0.2) is 9.59 Å². The van der Waals surface area contributed by atoms with Crippen LogP contribution in [0.5, 0.6) is 0 Å². The van der Waals surface area contributed by atoms with Crippen LogP contribution in [0.3, 0.4) is 0 Å². The predicted octanol–water partition coefficient (Wildman–Crippen LogP) is 5.53. The molecule has 2 atom stereocenters. The van der Waals surface area contributed by atoms with Crippen LogP contribution in [0.15, 0.2) is 60.7 Å². The van der Waals surface area contributed by atoms with Gasteiger partial charge in [0.1, 0.15) is 0 Å². The number of rotatable bonds is 10. The summed E-state index contributed by atoms with van der Waals surface area (Å²) in [5.41, 5.74) is 2.05. The van der Waals surface area contributed by atoms with Crippen molar-refractivity contribution in [3.63, 3.8) is 0 Å². The summed E-state index contributed by atoms with van der Waals surface area (Å²) in [5, 5.41) is 5.60. The minimum Gasteiger partial charge on any atom is -0.450 e. The summed E-state index contributed by atoms with van der Waals surface area (Å²) in [6.07, 6.45) is 1.61. The molecule has 0 fully saturated rings. The third-order valence-electron chi connectivity index (χ3n) is 4.87. The highest BCUT2D eigenvalue weighted by atomic mass is 16.6. The minimum atomic E-state index is -0.436. The Morgan fingerprint density at radius 1 is 0.706 bits per heavy atom. The van der Waals surface area contributed by atoms with Crippen molar-refractivity contribution >= 4 is 12.2 Å². The van der Waals surface area contributed by atoms with E-state index in [1.165, 1.54) is 0 Å². The number of carbonyl (C=O) groups excluding carboxylic acids is 2. The molecule has 0 radical (unpaired) electrons. The van der Waals surface area contributed by atoms with Gasteiger partial charge in [0.15, 0.2) is 0 Å². The summed E-state index contributed by atoms with van der Waals surface area (Å²) in [6.45, 7) is 4.43. The van der Waals surface area contributed by atoms with Crippen LogP contribution in [-0.2, 0) is 9.47 Å².